The molecule has 0 aliphatic heterocycles. The summed E-state index contributed by atoms with van der Waals surface area (Å²) in [6.07, 6.45) is 1.58. The molecule has 1 aromatic rings. The van der Waals surface area contributed by atoms with Gasteiger partial charge in [0.15, 0.2) is 0 Å². The maximum Gasteiger partial charge on any atom is 0.117 e. The molecule has 0 radical (unpaired) electrons. The fourth-order valence-corrected chi connectivity index (χ4v) is 0.899. The SMILES string of the molecule is CN(C)C=Nc1cc(O)ccc1C#N. The Labute approximate surface area is 82.7 Å². The summed E-state index contributed by atoms with van der Waals surface area (Å²) in [6, 6.07) is 6.46. The maximum absolute atomic E-state index is 9.20. The Morgan fingerprint density at radius 3 is 2.79 bits per heavy atom. The lowest BCUT2D eigenvalue weighted by Crippen LogP contribution is -2.07. The van der Waals surface area contributed by atoms with Crippen LogP contribution in [0.25, 0.3) is 0 Å². The van der Waals surface area contributed by atoms with Gasteiger partial charge in [-0.15, -0.1) is 0 Å². The molecule has 0 aliphatic rings. The van der Waals surface area contributed by atoms with Crippen molar-refractivity contribution < 1.29 is 5.11 Å². The third kappa shape index (κ3) is 2.49. The van der Waals surface area contributed by atoms with Crippen LogP contribution in [0.1, 0.15) is 5.56 Å². The predicted octanol–water partition coefficient (Wildman–Crippen LogP) is 1.49. The van der Waals surface area contributed by atoms with E-state index in [0.717, 1.165) is 0 Å². The summed E-state index contributed by atoms with van der Waals surface area (Å²) in [5.41, 5.74) is 0.919. The monoisotopic (exact) mass is 189 g/mol. The smallest absolute Gasteiger partial charge is 0.117 e. The number of nitriles is 1. The normalized spacial score (nSPS) is 10.1. The van der Waals surface area contributed by atoms with E-state index < -0.39 is 0 Å². The lowest BCUT2D eigenvalue weighted by molar-refractivity contribution is 0.475. The summed E-state index contributed by atoms with van der Waals surface area (Å²) in [5.74, 6) is 0.106. The molecule has 0 spiro atoms. The molecule has 0 atom stereocenters. The molecule has 0 saturated carbocycles. The summed E-state index contributed by atoms with van der Waals surface area (Å²) >= 11 is 0. The van der Waals surface area contributed by atoms with Gasteiger partial charge >= 0.3 is 0 Å². The quantitative estimate of drug-likeness (QED) is 0.566. The van der Waals surface area contributed by atoms with E-state index in [2.05, 4.69) is 4.99 Å². The van der Waals surface area contributed by atoms with E-state index in [4.69, 9.17) is 5.26 Å². The molecule has 0 heterocycles. The number of rotatable bonds is 2. The lowest BCUT2D eigenvalue weighted by Gasteiger charge is -2.03. The minimum absolute atomic E-state index is 0.106. The molecule has 1 aromatic carbocycles. The van der Waals surface area contributed by atoms with E-state index in [9.17, 15) is 5.11 Å². The Kier molecular flexibility index (Phi) is 3.08. The van der Waals surface area contributed by atoms with Crippen molar-refractivity contribution in [3.8, 4) is 11.8 Å². The van der Waals surface area contributed by atoms with Crippen molar-refractivity contribution in [1.82, 2.24) is 4.90 Å². The number of aliphatic imine (C=N–C) groups is 1. The van der Waals surface area contributed by atoms with Crippen LogP contribution in [0.15, 0.2) is 23.2 Å². The lowest BCUT2D eigenvalue weighted by atomic mass is 10.2. The number of aromatic hydroxyl groups is 1. The van der Waals surface area contributed by atoms with Gasteiger partial charge in [-0.3, -0.25) is 0 Å². The highest BCUT2D eigenvalue weighted by molar-refractivity contribution is 5.66. The van der Waals surface area contributed by atoms with E-state index in [0.29, 0.717) is 11.3 Å². The molecular formula is C10H11N3O. The van der Waals surface area contributed by atoms with Crippen LogP contribution in [-0.2, 0) is 0 Å². The molecule has 0 aromatic heterocycles. The van der Waals surface area contributed by atoms with Gasteiger partial charge in [-0.2, -0.15) is 5.26 Å². The number of phenolic OH excluding ortho intramolecular Hbond substituents is 1. The van der Waals surface area contributed by atoms with Gasteiger partial charge in [0.1, 0.15) is 11.8 Å². The van der Waals surface area contributed by atoms with Gasteiger partial charge < -0.3 is 10.0 Å². The molecule has 0 amide bonds. The van der Waals surface area contributed by atoms with Gasteiger partial charge in [0.25, 0.3) is 0 Å². The van der Waals surface area contributed by atoms with E-state index in [1.165, 1.54) is 18.2 Å². The van der Waals surface area contributed by atoms with Crippen LogP contribution >= 0.6 is 0 Å². The van der Waals surface area contributed by atoms with E-state index in [1.54, 1.807) is 11.2 Å². The molecule has 0 bridgehead atoms. The minimum atomic E-state index is 0.106. The largest absolute Gasteiger partial charge is 0.508 e. The van der Waals surface area contributed by atoms with Gasteiger partial charge in [0, 0.05) is 20.2 Å². The molecule has 0 fully saturated rings. The van der Waals surface area contributed by atoms with Gasteiger partial charge in [-0.1, -0.05) is 0 Å². The van der Waals surface area contributed by atoms with Crippen molar-refractivity contribution in [3.05, 3.63) is 23.8 Å². The first-order valence-electron chi connectivity index (χ1n) is 4.07. The van der Waals surface area contributed by atoms with Gasteiger partial charge in [-0.05, 0) is 12.1 Å². The summed E-state index contributed by atoms with van der Waals surface area (Å²) in [4.78, 5) is 5.81. The molecule has 14 heavy (non-hydrogen) atoms. The summed E-state index contributed by atoms with van der Waals surface area (Å²) in [5, 5.41) is 18.0. The van der Waals surface area contributed by atoms with E-state index >= 15 is 0 Å². The van der Waals surface area contributed by atoms with E-state index in [1.807, 2.05) is 20.2 Å². The molecular weight excluding hydrogens is 178 g/mol. The molecule has 72 valence electrons. The van der Waals surface area contributed by atoms with Gasteiger partial charge in [0.2, 0.25) is 0 Å². The first-order chi connectivity index (χ1) is 6.63. The fourth-order valence-electron chi connectivity index (χ4n) is 0.899. The first-order valence-corrected chi connectivity index (χ1v) is 4.07. The van der Waals surface area contributed by atoms with Crippen LogP contribution in [-0.4, -0.2) is 30.4 Å². The Morgan fingerprint density at radius 2 is 2.21 bits per heavy atom. The Morgan fingerprint density at radius 1 is 1.50 bits per heavy atom. The number of nitrogens with zero attached hydrogens (tertiary/aromatic N) is 3. The zero-order valence-electron chi connectivity index (χ0n) is 8.10. The predicted molar refractivity (Wildman–Crippen MR) is 54.7 cm³/mol. The van der Waals surface area contributed by atoms with Crippen molar-refractivity contribution in [2.24, 2.45) is 4.99 Å². The topological polar surface area (TPSA) is 59.6 Å². The number of hydrogen-bond donors (Lipinski definition) is 1. The third-order valence-corrected chi connectivity index (χ3v) is 1.53. The fraction of sp³-hybridized carbons (Fsp3) is 0.200. The molecule has 0 saturated heterocycles. The third-order valence-electron chi connectivity index (χ3n) is 1.53. The number of hydrogen-bond acceptors (Lipinski definition) is 3. The first kappa shape index (κ1) is 10.1. The Balaban J connectivity index is 3.06. The molecule has 1 rings (SSSR count). The zero-order chi connectivity index (χ0) is 10.6. The van der Waals surface area contributed by atoms with Gasteiger partial charge in [0.05, 0.1) is 17.6 Å². The second-order valence-corrected chi connectivity index (χ2v) is 3.02. The van der Waals surface area contributed by atoms with Gasteiger partial charge in [-0.25, -0.2) is 4.99 Å². The summed E-state index contributed by atoms with van der Waals surface area (Å²) in [6.45, 7) is 0. The van der Waals surface area contributed by atoms with Crippen molar-refractivity contribution in [2.45, 2.75) is 0 Å². The van der Waals surface area contributed by atoms with E-state index in [-0.39, 0.29) is 5.75 Å². The standard InChI is InChI=1S/C10H11N3O/c1-13(2)7-12-10-5-9(14)4-3-8(10)6-11/h3-5,7,14H,1-2H3. The highest BCUT2D eigenvalue weighted by Crippen LogP contribution is 2.23. The zero-order valence-corrected chi connectivity index (χ0v) is 8.10. The second kappa shape index (κ2) is 4.28. The van der Waals surface area contributed by atoms with Crippen LogP contribution in [0.3, 0.4) is 0 Å². The Bertz CT molecular complexity index is 391. The van der Waals surface area contributed by atoms with Crippen LogP contribution in [0.2, 0.25) is 0 Å². The van der Waals surface area contributed by atoms with Crippen molar-refractivity contribution in [2.75, 3.05) is 14.1 Å². The highest BCUT2D eigenvalue weighted by atomic mass is 16.3. The number of benzene rings is 1. The summed E-state index contributed by atoms with van der Waals surface area (Å²) in [7, 11) is 3.66. The van der Waals surface area contributed by atoms with Crippen LogP contribution in [0.5, 0.6) is 5.75 Å². The average Bonchev–Trinajstić information content (AvgIpc) is 2.15. The molecule has 0 unspecified atom stereocenters. The van der Waals surface area contributed by atoms with Crippen LogP contribution < -0.4 is 0 Å². The Hall–Kier alpha value is -2.02. The average molecular weight is 189 g/mol. The van der Waals surface area contributed by atoms with Crippen molar-refractivity contribution >= 4 is 12.0 Å². The summed E-state index contributed by atoms with van der Waals surface area (Å²) < 4.78 is 0. The maximum atomic E-state index is 9.20. The molecule has 1 N–H and O–H groups in total. The molecule has 0 aliphatic carbocycles. The van der Waals surface area contributed by atoms with Crippen molar-refractivity contribution in [1.29, 1.82) is 5.26 Å². The van der Waals surface area contributed by atoms with Crippen molar-refractivity contribution in [3.63, 3.8) is 0 Å². The molecule has 4 nitrogen and oxygen atoms in total. The number of phenols is 1. The second-order valence-electron chi connectivity index (χ2n) is 3.02. The van der Waals surface area contributed by atoms with Crippen LogP contribution in [0, 0.1) is 11.3 Å². The highest BCUT2D eigenvalue weighted by Gasteiger charge is 2.00. The van der Waals surface area contributed by atoms with Crippen LogP contribution in [0.4, 0.5) is 5.69 Å². The minimum Gasteiger partial charge on any atom is -0.508 e. The molecule has 4 heteroatoms.